The van der Waals surface area contributed by atoms with Crippen LogP contribution in [0.4, 0.5) is 0 Å². The van der Waals surface area contributed by atoms with E-state index in [4.69, 9.17) is 0 Å². The maximum Gasteiger partial charge on any atom is -0.00141 e. The summed E-state index contributed by atoms with van der Waals surface area (Å²) in [4.78, 5) is 0. The summed E-state index contributed by atoms with van der Waals surface area (Å²) in [6.45, 7) is 0. The lowest BCUT2D eigenvalue weighted by molar-refractivity contribution is 1.59. The molecule has 0 aliphatic rings. The Kier molecular flexibility index (Phi) is 7.60. The van der Waals surface area contributed by atoms with E-state index in [1.807, 2.05) is 0 Å². The van der Waals surface area contributed by atoms with Crippen LogP contribution in [0.5, 0.6) is 0 Å². The molecule has 0 bridgehead atoms. The number of rotatable bonds is 5. The number of hydrogen-bond donors (Lipinski definition) is 0. The summed E-state index contributed by atoms with van der Waals surface area (Å²) in [6.07, 6.45) is 0. The second-order valence-electron chi connectivity index (χ2n) is 14.8. The van der Waals surface area contributed by atoms with E-state index < -0.39 is 0 Å². The zero-order valence-corrected chi connectivity index (χ0v) is 30.8. The van der Waals surface area contributed by atoms with Crippen molar-refractivity contribution in [2.75, 3.05) is 0 Å². The maximum absolute atomic E-state index is 2.34. The highest BCUT2D eigenvalue weighted by molar-refractivity contribution is 6.28. The minimum atomic E-state index is 1.21. The summed E-state index contributed by atoms with van der Waals surface area (Å²) in [7, 11) is 0. The van der Waals surface area contributed by atoms with E-state index in [9.17, 15) is 0 Å². The first-order chi connectivity index (χ1) is 27.8. The van der Waals surface area contributed by atoms with E-state index in [0.717, 1.165) is 0 Å². The van der Waals surface area contributed by atoms with Crippen LogP contribution in [0, 0.1) is 0 Å². The highest BCUT2D eigenvalue weighted by Crippen LogP contribution is 2.47. The molecule has 260 valence electrons. The number of fused-ring (bicyclic) bond motifs is 6. The molecule has 0 amide bonds. The third-order valence-corrected chi connectivity index (χ3v) is 11.7. The van der Waals surface area contributed by atoms with Gasteiger partial charge in [-0.3, -0.25) is 0 Å². The monoisotopic (exact) mass is 708 g/mol. The molecule has 0 nitrogen and oxygen atoms in total. The van der Waals surface area contributed by atoms with Crippen molar-refractivity contribution in [3.05, 3.63) is 218 Å². The van der Waals surface area contributed by atoms with Crippen LogP contribution in [0.1, 0.15) is 0 Å². The molecule has 0 heterocycles. The molecule has 56 heavy (non-hydrogen) atoms. The van der Waals surface area contributed by atoms with E-state index in [0.29, 0.717) is 0 Å². The Bertz CT molecular complexity index is 3270. The van der Waals surface area contributed by atoms with Crippen LogP contribution in [0.3, 0.4) is 0 Å². The van der Waals surface area contributed by atoms with Crippen LogP contribution in [-0.4, -0.2) is 0 Å². The number of benzene rings is 11. The summed E-state index contributed by atoms with van der Waals surface area (Å²) in [5.74, 6) is 0. The van der Waals surface area contributed by atoms with Crippen LogP contribution in [-0.2, 0) is 0 Å². The van der Waals surface area contributed by atoms with E-state index in [1.165, 1.54) is 109 Å². The van der Waals surface area contributed by atoms with E-state index in [-0.39, 0.29) is 0 Å². The topological polar surface area (TPSA) is 0 Å². The molecule has 0 N–H and O–H groups in total. The van der Waals surface area contributed by atoms with Gasteiger partial charge in [-0.2, -0.15) is 0 Å². The standard InChI is InChI=1S/C56H36/c1-4-18-44-37(13-1)16-11-25-45(44)40-29-33-43(34-30-40)55-52-24-10-9-23-51(52)54(53-36-35-39-15-3-6-21-48(39)56(53)55)42-31-27-41(28-32-42)47-20-7-8-22-49(47)50-26-12-17-38-14-2-5-19-46(38)50/h1-36H. The van der Waals surface area contributed by atoms with Gasteiger partial charge in [0.25, 0.3) is 0 Å². The molecule has 0 unspecified atom stereocenters. The lowest BCUT2D eigenvalue weighted by Crippen LogP contribution is -1.92. The van der Waals surface area contributed by atoms with Gasteiger partial charge in [0.1, 0.15) is 0 Å². The van der Waals surface area contributed by atoms with Gasteiger partial charge in [0.05, 0.1) is 0 Å². The summed E-state index contributed by atoms with van der Waals surface area (Å²) in [6, 6.07) is 80.3. The van der Waals surface area contributed by atoms with Crippen LogP contribution in [0.25, 0.3) is 109 Å². The molecule has 0 atom stereocenters. The molecule has 0 aromatic heterocycles. The summed E-state index contributed by atoms with van der Waals surface area (Å²) in [5.41, 5.74) is 12.4. The Hall–Kier alpha value is -7.28. The molecule has 0 radical (unpaired) electrons. The van der Waals surface area contributed by atoms with E-state index in [1.54, 1.807) is 0 Å². The van der Waals surface area contributed by atoms with Gasteiger partial charge < -0.3 is 0 Å². The molecule has 0 spiro atoms. The summed E-state index contributed by atoms with van der Waals surface area (Å²) >= 11 is 0. The van der Waals surface area contributed by atoms with Gasteiger partial charge in [-0.25, -0.2) is 0 Å². The second kappa shape index (κ2) is 13.2. The van der Waals surface area contributed by atoms with Gasteiger partial charge >= 0.3 is 0 Å². The lowest BCUT2D eigenvalue weighted by Gasteiger charge is -2.20. The number of hydrogen-bond acceptors (Lipinski definition) is 0. The molecule has 0 fully saturated rings. The average Bonchev–Trinajstić information content (AvgIpc) is 3.28. The summed E-state index contributed by atoms with van der Waals surface area (Å²) < 4.78 is 0. The molecule has 0 saturated carbocycles. The molecule has 0 aliphatic heterocycles. The molecular formula is C56H36. The first kappa shape index (κ1) is 32.2. The Labute approximate surface area is 326 Å². The van der Waals surface area contributed by atoms with E-state index in [2.05, 4.69) is 218 Å². The van der Waals surface area contributed by atoms with Gasteiger partial charge in [-0.15, -0.1) is 0 Å². The van der Waals surface area contributed by atoms with Crippen LogP contribution in [0.15, 0.2) is 218 Å². The Morgan fingerprint density at radius 2 is 0.571 bits per heavy atom. The van der Waals surface area contributed by atoms with Crippen molar-refractivity contribution in [2.24, 2.45) is 0 Å². The van der Waals surface area contributed by atoms with E-state index >= 15 is 0 Å². The largest absolute Gasteiger partial charge is 0.0616 e. The Morgan fingerprint density at radius 3 is 1.21 bits per heavy atom. The van der Waals surface area contributed by atoms with Gasteiger partial charge in [0, 0.05) is 0 Å². The van der Waals surface area contributed by atoms with Crippen molar-refractivity contribution in [2.45, 2.75) is 0 Å². The first-order valence-corrected chi connectivity index (χ1v) is 19.4. The fourth-order valence-corrected chi connectivity index (χ4v) is 9.10. The highest BCUT2D eigenvalue weighted by atomic mass is 14.2. The zero-order chi connectivity index (χ0) is 37.0. The molecule has 0 saturated heterocycles. The SMILES string of the molecule is c1ccc(-c2cccc3ccccc23)c(-c2ccc(-c3c4ccccc4c(-c4ccc(-c5cccc6ccccc56)cc4)c4c3ccc3ccccc34)cc2)c1. The third-order valence-electron chi connectivity index (χ3n) is 11.7. The highest BCUT2D eigenvalue weighted by Gasteiger charge is 2.19. The van der Waals surface area contributed by atoms with Crippen LogP contribution in [0.2, 0.25) is 0 Å². The quantitative estimate of drug-likeness (QED) is 0.123. The zero-order valence-electron chi connectivity index (χ0n) is 30.8. The minimum Gasteiger partial charge on any atom is -0.0616 e. The maximum atomic E-state index is 2.34. The van der Waals surface area contributed by atoms with Crippen molar-refractivity contribution in [3.8, 4) is 55.6 Å². The fraction of sp³-hybridized carbons (Fsp3) is 0. The lowest BCUT2D eigenvalue weighted by atomic mass is 9.83. The normalized spacial score (nSPS) is 11.6. The molecule has 11 aromatic rings. The van der Waals surface area contributed by atoms with Gasteiger partial charge in [-0.05, 0) is 109 Å². The molecule has 0 aliphatic carbocycles. The minimum absolute atomic E-state index is 1.21. The molecule has 11 rings (SSSR count). The van der Waals surface area contributed by atoms with Crippen molar-refractivity contribution < 1.29 is 0 Å². The van der Waals surface area contributed by atoms with Crippen LogP contribution < -0.4 is 0 Å². The van der Waals surface area contributed by atoms with Gasteiger partial charge in [-0.1, -0.05) is 218 Å². The molecule has 11 aromatic carbocycles. The second-order valence-corrected chi connectivity index (χ2v) is 14.8. The van der Waals surface area contributed by atoms with Gasteiger partial charge in [0.2, 0.25) is 0 Å². The average molecular weight is 709 g/mol. The predicted molar refractivity (Wildman–Crippen MR) is 241 cm³/mol. The van der Waals surface area contributed by atoms with Crippen molar-refractivity contribution in [1.82, 2.24) is 0 Å². The fourth-order valence-electron chi connectivity index (χ4n) is 9.10. The Morgan fingerprint density at radius 1 is 0.179 bits per heavy atom. The molecule has 0 heteroatoms. The summed E-state index contributed by atoms with van der Waals surface area (Å²) in [5, 5.41) is 12.6. The third kappa shape index (κ3) is 5.22. The predicted octanol–water partition coefficient (Wildman–Crippen LogP) is 15.8. The van der Waals surface area contributed by atoms with Crippen LogP contribution >= 0.6 is 0 Å². The first-order valence-electron chi connectivity index (χ1n) is 19.4. The van der Waals surface area contributed by atoms with Crippen molar-refractivity contribution in [1.29, 1.82) is 0 Å². The smallest absolute Gasteiger partial charge is 0.00141 e. The Balaban J connectivity index is 1.09. The van der Waals surface area contributed by atoms with Gasteiger partial charge in [0.15, 0.2) is 0 Å². The van der Waals surface area contributed by atoms with Crippen molar-refractivity contribution in [3.63, 3.8) is 0 Å². The van der Waals surface area contributed by atoms with Crippen molar-refractivity contribution >= 4 is 53.9 Å². The molecular weight excluding hydrogens is 673 g/mol.